The molecule has 0 spiro atoms. The Hall–Kier alpha value is -1.36. The second-order valence-corrected chi connectivity index (χ2v) is 3.85. The molecule has 1 aromatic rings. The predicted octanol–water partition coefficient (Wildman–Crippen LogP) is 0.650. The molecule has 1 heterocycles. The largest absolute Gasteiger partial charge is 0.393 e. The summed E-state index contributed by atoms with van der Waals surface area (Å²) in [6.45, 7) is 5.39. The molecule has 0 fully saturated rings. The Morgan fingerprint density at radius 3 is 2.80 bits per heavy atom. The first-order valence-corrected chi connectivity index (χ1v) is 5.00. The number of nitrogens with one attached hydrogen (secondary N) is 2. The molecule has 5 heteroatoms. The highest BCUT2D eigenvalue weighted by atomic mass is 16.3. The van der Waals surface area contributed by atoms with Crippen molar-refractivity contribution in [3.8, 4) is 0 Å². The summed E-state index contributed by atoms with van der Waals surface area (Å²) >= 11 is 0. The number of aliphatic hydroxyl groups is 1. The van der Waals surface area contributed by atoms with Gasteiger partial charge in [0.1, 0.15) is 11.6 Å². The van der Waals surface area contributed by atoms with Crippen molar-refractivity contribution in [1.29, 1.82) is 0 Å². The number of nitrogens with zero attached hydrogens (tertiary/aromatic N) is 1. The van der Waals surface area contributed by atoms with Crippen molar-refractivity contribution >= 4 is 5.82 Å². The Morgan fingerprint density at radius 2 is 2.27 bits per heavy atom. The number of aryl methyl sites for hydroxylation is 1. The average Bonchev–Trinajstić information content (AvgIpc) is 1.98. The molecule has 0 bridgehead atoms. The zero-order chi connectivity index (χ0) is 11.4. The molecule has 84 valence electrons. The molecule has 0 saturated carbocycles. The Kier molecular flexibility index (Phi) is 3.85. The van der Waals surface area contributed by atoms with Crippen LogP contribution in [0.1, 0.15) is 26.1 Å². The van der Waals surface area contributed by atoms with Gasteiger partial charge in [-0.25, -0.2) is 4.98 Å². The fourth-order valence-corrected chi connectivity index (χ4v) is 1.48. The fourth-order valence-electron chi connectivity index (χ4n) is 1.48. The number of hydrogen-bond donors (Lipinski definition) is 3. The van der Waals surface area contributed by atoms with Crippen LogP contribution in [0.4, 0.5) is 5.82 Å². The molecule has 0 aliphatic rings. The summed E-state index contributed by atoms with van der Waals surface area (Å²) in [5.74, 6) is 1.12. The Morgan fingerprint density at radius 1 is 1.60 bits per heavy atom. The lowest BCUT2D eigenvalue weighted by atomic mass is 10.1. The molecule has 0 aromatic carbocycles. The van der Waals surface area contributed by atoms with Crippen LogP contribution in [0.15, 0.2) is 10.9 Å². The van der Waals surface area contributed by atoms with E-state index in [4.69, 9.17) is 0 Å². The van der Waals surface area contributed by atoms with Gasteiger partial charge in [-0.1, -0.05) is 0 Å². The van der Waals surface area contributed by atoms with E-state index >= 15 is 0 Å². The first kappa shape index (κ1) is 11.7. The number of hydrogen-bond acceptors (Lipinski definition) is 4. The van der Waals surface area contributed by atoms with Crippen LogP contribution in [-0.2, 0) is 0 Å². The Balaban J connectivity index is 2.68. The Bertz CT molecular complexity index is 373. The van der Waals surface area contributed by atoms with Gasteiger partial charge in [0.25, 0.3) is 5.56 Å². The summed E-state index contributed by atoms with van der Waals surface area (Å²) in [5.41, 5.74) is -0.172. The van der Waals surface area contributed by atoms with Gasteiger partial charge in [0, 0.05) is 12.1 Å². The lowest BCUT2D eigenvalue weighted by molar-refractivity contribution is 0.179. The SMILES string of the molecule is Cc1nc(NC(C)CC(C)O)cc(=O)[nH]1. The summed E-state index contributed by atoms with van der Waals surface area (Å²) in [6.07, 6.45) is 0.253. The predicted molar refractivity (Wildman–Crippen MR) is 59.0 cm³/mol. The van der Waals surface area contributed by atoms with Gasteiger partial charge in [0.15, 0.2) is 0 Å². The van der Waals surface area contributed by atoms with Crippen LogP contribution < -0.4 is 10.9 Å². The van der Waals surface area contributed by atoms with Crippen LogP contribution >= 0.6 is 0 Å². The van der Waals surface area contributed by atoms with Crippen molar-refractivity contribution in [2.45, 2.75) is 39.3 Å². The van der Waals surface area contributed by atoms with Crippen molar-refractivity contribution in [3.05, 3.63) is 22.2 Å². The van der Waals surface area contributed by atoms with E-state index < -0.39 is 0 Å². The topological polar surface area (TPSA) is 78.0 Å². The molecule has 0 radical (unpaired) electrons. The summed E-state index contributed by atoms with van der Waals surface area (Å²) < 4.78 is 0. The van der Waals surface area contributed by atoms with E-state index in [0.29, 0.717) is 18.1 Å². The second-order valence-electron chi connectivity index (χ2n) is 3.85. The maximum Gasteiger partial charge on any atom is 0.252 e. The second kappa shape index (κ2) is 4.93. The van der Waals surface area contributed by atoms with Crippen LogP contribution in [0.5, 0.6) is 0 Å². The van der Waals surface area contributed by atoms with Crippen LogP contribution in [0.2, 0.25) is 0 Å². The zero-order valence-corrected chi connectivity index (χ0v) is 9.24. The molecule has 1 aromatic heterocycles. The summed E-state index contributed by atoms with van der Waals surface area (Å²) in [6, 6.07) is 1.49. The molecular weight excluding hydrogens is 194 g/mol. The van der Waals surface area contributed by atoms with Gasteiger partial charge in [0.05, 0.1) is 6.10 Å². The normalized spacial score (nSPS) is 14.7. The van der Waals surface area contributed by atoms with Crippen molar-refractivity contribution < 1.29 is 5.11 Å². The maximum atomic E-state index is 11.1. The minimum absolute atomic E-state index is 0.0821. The van der Waals surface area contributed by atoms with E-state index in [9.17, 15) is 9.90 Å². The third kappa shape index (κ3) is 4.12. The fraction of sp³-hybridized carbons (Fsp3) is 0.600. The summed E-state index contributed by atoms with van der Waals surface area (Å²) in [7, 11) is 0. The molecule has 0 saturated heterocycles. The first-order chi connectivity index (χ1) is 6.97. The van der Waals surface area contributed by atoms with E-state index in [2.05, 4.69) is 15.3 Å². The minimum Gasteiger partial charge on any atom is -0.393 e. The molecule has 2 atom stereocenters. The monoisotopic (exact) mass is 211 g/mol. The first-order valence-electron chi connectivity index (χ1n) is 5.00. The van der Waals surface area contributed by atoms with Crippen molar-refractivity contribution in [2.75, 3.05) is 5.32 Å². The highest BCUT2D eigenvalue weighted by Crippen LogP contribution is 2.05. The number of aromatic amines is 1. The lowest BCUT2D eigenvalue weighted by Crippen LogP contribution is -2.22. The molecule has 1 rings (SSSR count). The van der Waals surface area contributed by atoms with E-state index in [0.717, 1.165) is 0 Å². The van der Waals surface area contributed by atoms with Crippen LogP contribution in [0, 0.1) is 6.92 Å². The molecule has 0 aliphatic heterocycles. The number of anilines is 1. The number of aliphatic hydroxyl groups excluding tert-OH is 1. The molecule has 0 aliphatic carbocycles. The lowest BCUT2D eigenvalue weighted by Gasteiger charge is -2.15. The smallest absolute Gasteiger partial charge is 0.252 e. The maximum absolute atomic E-state index is 11.1. The minimum atomic E-state index is -0.365. The zero-order valence-electron chi connectivity index (χ0n) is 9.24. The van der Waals surface area contributed by atoms with E-state index in [1.807, 2.05) is 6.92 Å². The molecule has 3 N–H and O–H groups in total. The third-order valence-corrected chi connectivity index (χ3v) is 1.95. The number of aromatic nitrogens is 2. The molecular formula is C10H17N3O2. The van der Waals surface area contributed by atoms with Crippen LogP contribution in [-0.4, -0.2) is 27.2 Å². The van der Waals surface area contributed by atoms with E-state index in [1.165, 1.54) is 6.07 Å². The van der Waals surface area contributed by atoms with E-state index in [1.54, 1.807) is 13.8 Å². The summed E-state index contributed by atoms with van der Waals surface area (Å²) in [4.78, 5) is 17.8. The van der Waals surface area contributed by atoms with Crippen molar-refractivity contribution in [1.82, 2.24) is 9.97 Å². The molecule has 15 heavy (non-hydrogen) atoms. The van der Waals surface area contributed by atoms with Crippen LogP contribution in [0.25, 0.3) is 0 Å². The van der Waals surface area contributed by atoms with Crippen molar-refractivity contribution in [3.63, 3.8) is 0 Å². The van der Waals surface area contributed by atoms with Gasteiger partial charge in [-0.05, 0) is 27.2 Å². The molecule has 0 amide bonds. The third-order valence-electron chi connectivity index (χ3n) is 1.95. The van der Waals surface area contributed by atoms with Gasteiger partial charge in [-0.2, -0.15) is 0 Å². The van der Waals surface area contributed by atoms with Gasteiger partial charge in [-0.15, -0.1) is 0 Å². The van der Waals surface area contributed by atoms with E-state index in [-0.39, 0.29) is 17.7 Å². The molecule has 2 unspecified atom stereocenters. The molecule has 5 nitrogen and oxygen atoms in total. The van der Waals surface area contributed by atoms with Gasteiger partial charge in [0.2, 0.25) is 0 Å². The quantitative estimate of drug-likeness (QED) is 0.683. The number of H-pyrrole nitrogens is 1. The summed E-state index contributed by atoms with van der Waals surface area (Å²) in [5, 5.41) is 12.2. The van der Waals surface area contributed by atoms with Gasteiger partial charge >= 0.3 is 0 Å². The average molecular weight is 211 g/mol. The van der Waals surface area contributed by atoms with Gasteiger partial charge < -0.3 is 15.4 Å². The standard InChI is InChI=1S/C10H17N3O2/c1-6(4-7(2)14)11-9-5-10(15)13-8(3)12-9/h5-7,14H,4H2,1-3H3,(H2,11,12,13,15). The highest BCUT2D eigenvalue weighted by Gasteiger charge is 2.07. The highest BCUT2D eigenvalue weighted by molar-refractivity contribution is 5.33. The van der Waals surface area contributed by atoms with Gasteiger partial charge in [-0.3, -0.25) is 4.79 Å². The van der Waals surface area contributed by atoms with Crippen molar-refractivity contribution in [2.24, 2.45) is 0 Å². The van der Waals surface area contributed by atoms with Crippen LogP contribution in [0.3, 0.4) is 0 Å². The number of rotatable bonds is 4. The Labute approximate surface area is 88.6 Å².